The van der Waals surface area contributed by atoms with Crippen LogP contribution in [-0.4, -0.2) is 40.0 Å². The number of amides is 1. The van der Waals surface area contributed by atoms with Gasteiger partial charge < -0.3 is 9.64 Å². The van der Waals surface area contributed by atoms with E-state index in [4.69, 9.17) is 4.74 Å². The molecule has 0 radical (unpaired) electrons. The fourth-order valence-electron chi connectivity index (χ4n) is 4.01. The molecular formula is C17H21N3O2. The summed E-state index contributed by atoms with van der Waals surface area (Å²) < 4.78 is 5.86. The molecule has 1 aliphatic heterocycles. The minimum absolute atomic E-state index is 0.152. The molecule has 1 aromatic heterocycles. The number of ether oxygens (including phenoxy) is 1. The first kappa shape index (κ1) is 13.7. The summed E-state index contributed by atoms with van der Waals surface area (Å²) in [6.45, 7) is 1.60. The third-order valence-electron chi connectivity index (χ3n) is 5.19. The molecule has 3 aliphatic rings. The molecule has 1 saturated carbocycles. The van der Waals surface area contributed by atoms with E-state index in [0.717, 1.165) is 32.4 Å². The van der Waals surface area contributed by atoms with Crippen LogP contribution in [0, 0.1) is 17.8 Å². The summed E-state index contributed by atoms with van der Waals surface area (Å²) in [5, 5.41) is 0. The highest BCUT2D eigenvalue weighted by Crippen LogP contribution is 2.44. The van der Waals surface area contributed by atoms with Crippen molar-refractivity contribution in [3.8, 4) is 5.88 Å². The zero-order chi connectivity index (χ0) is 14.9. The van der Waals surface area contributed by atoms with Crippen LogP contribution in [0.25, 0.3) is 0 Å². The zero-order valence-electron chi connectivity index (χ0n) is 12.6. The van der Waals surface area contributed by atoms with Gasteiger partial charge in [0.1, 0.15) is 12.4 Å². The second-order valence-electron chi connectivity index (χ2n) is 6.58. The maximum Gasteiger partial charge on any atom is 0.226 e. The maximum atomic E-state index is 12.7. The number of likely N-dealkylation sites (tertiary alicyclic amines) is 1. The van der Waals surface area contributed by atoms with Crippen molar-refractivity contribution < 1.29 is 9.53 Å². The molecule has 2 heterocycles. The van der Waals surface area contributed by atoms with E-state index in [0.29, 0.717) is 23.6 Å². The fraction of sp³-hybridized carbons (Fsp3) is 0.588. The maximum absolute atomic E-state index is 12.7. The Kier molecular flexibility index (Phi) is 3.56. The van der Waals surface area contributed by atoms with Crippen molar-refractivity contribution in [3.05, 3.63) is 30.7 Å². The number of rotatable bonds is 3. The van der Waals surface area contributed by atoms with Crippen LogP contribution < -0.4 is 4.74 Å². The molecule has 5 nitrogen and oxygen atoms in total. The molecule has 5 heteroatoms. The summed E-state index contributed by atoms with van der Waals surface area (Å²) in [6.07, 6.45) is 11.9. The van der Waals surface area contributed by atoms with Crippen LogP contribution >= 0.6 is 0 Å². The largest absolute Gasteiger partial charge is 0.474 e. The van der Waals surface area contributed by atoms with E-state index in [1.54, 1.807) is 12.3 Å². The Morgan fingerprint density at radius 2 is 2.09 bits per heavy atom. The second kappa shape index (κ2) is 5.71. The quantitative estimate of drug-likeness (QED) is 0.802. The smallest absolute Gasteiger partial charge is 0.226 e. The molecule has 116 valence electrons. The number of hydrogen-bond acceptors (Lipinski definition) is 4. The van der Waals surface area contributed by atoms with Crippen LogP contribution in [0.15, 0.2) is 30.7 Å². The molecule has 2 fully saturated rings. The van der Waals surface area contributed by atoms with Crippen LogP contribution in [0.4, 0.5) is 0 Å². The Morgan fingerprint density at radius 3 is 2.73 bits per heavy atom. The van der Waals surface area contributed by atoms with E-state index in [9.17, 15) is 4.79 Å². The van der Waals surface area contributed by atoms with Crippen molar-refractivity contribution in [2.75, 3.05) is 13.1 Å². The Balaban J connectivity index is 1.30. The van der Waals surface area contributed by atoms with Crippen molar-refractivity contribution in [1.82, 2.24) is 14.9 Å². The molecule has 4 rings (SSSR count). The molecule has 2 aliphatic carbocycles. The van der Waals surface area contributed by atoms with Gasteiger partial charge in [0.15, 0.2) is 0 Å². The van der Waals surface area contributed by atoms with Gasteiger partial charge in [-0.05, 0) is 24.7 Å². The standard InChI is InChI=1S/C17H21N3O2/c21-17(15-10-12-1-2-13(15)9-12)20-7-4-14(5-8-20)22-16-3-6-18-11-19-16/h1-3,6,11-15H,4-5,7-10H2. The van der Waals surface area contributed by atoms with Gasteiger partial charge in [-0.25, -0.2) is 9.97 Å². The predicted octanol–water partition coefficient (Wildman–Crippen LogP) is 2.06. The molecule has 3 atom stereocenters. The van der Waals surface area contributed by atoms with Gasteiger partial charge in [0.2, 0.25) is 11.8 Å². The SMILES string of the molecule is O=C(C1CC2C=CC1C2)N1CCC(Oc2ccncn2)CC1. The van der Waals surface area contributed by atoms with Gasteiger partial charge in [-0.15, -0.1) is 0 Å². The number of aromatic nitrogens is 2. The highest BCUT2D eigenvalue weighted by atomic mass is 16.5. The Bertz CT molecular complexity index is 567. The summed E-state index contributed by atoms with van der Waals surface area (Å²) in [5.41, 5.74) is 0. The topological polar surface area (TPSA) is 55.3 Å². The molecule has 0 aromatic carbocycles. The highest BCUT2D eigenvalue weighted by molar-refractivity contribution is 5.80. The zero-order valence-corrected chi connectivity index (χ0v) is 12.6. The molecule has 3 unspecified atom stereocenters. The van der Waals surface area contributed by atoms with Crippen molar-refractivity contribution in [1.29, 1.82) is 0 Å². The number of nitrogens with zero attached hydrogens (tertiary/aromatic N) is 3. The van der Waals surface area contributed by atoms with E-state index in [2.05, 4.69) is 22.1 Å². The number of allylic oxidation sites excluding steroid dienone is 2. The summed E-state index contributed by atoms with van der Waals surface area (Å²) in [6, 6.07) is 1.78. The van der Waals surface area contributed by atoms with Crippen LogP contribution in [0.3, 0.4) is 0 Å². The Morgan fingerprint density at radius 1 is 1.23 bits per heavy atom. The van der Waals surface area contributed by atoms with Crippen molar-refractivity contribution in [3.63, 3.8) is 0 Å². The minimum atomic E-state index is 0.152. The van der Waals surface area contributed by atoms with Crippen LogP contribution in [0.2, 0.25) is 0 Å². The third-order valence-corrected chi connectivity index (χ3v) is 5.19. The molecule has 22 heavy (non-hydrogen) atoms. The van der Waals surface area contributed by atoms with Crippen molar-refractivity contribution in [2.45, 2.75) is 31.8 Å². The third kappa shape index (κ3) is 2.60. The van der Waals surface area contributed by atoms with Crippen LogP contribution in [0.1, 0.15) is 25.7 Å². The van der Waals surface area contributed by atoms with Gasteiger partial charge in [-0.3, -0.25) is 4.79 Å². The lowest BCUT2D eigenvalue weighted by molar-refractivity contribution is -0.138. The average Bonchev–Trinajstić information content (AvgIpc) is 3.19. The molecule has 1 aromatic rings. The van der Waals surface area contributed by atoms with Gasteiger partial charge >= 0.3 is 0 Å². The van der Waals surface area contributed by atoms with Gasteiger partial charge in [0.05, 0.1) is 0 Å². The summed E-state index contributed by atoms with van der Waals surface area (Å²) in [7, 11) is 0. The Labute approximate surface area is 130 Å². The number of fused-ring (bicyclic) bond motifs is 2. The number of carbonyl (C=O) groups is 1. The lowest BCUT2D eigenvalue weighted by Gasteiger charge is -2.34. The first-order valence-electron chi connectivity index (χ1n) is 8.19. The number of hydrogen-bond donors (Lipinski definition) is 0. The monoisotopic (exact) mass is 299 g/mol. The first-order chi connectivity index (χ1) is 10.8. The average molecular weight is 299 g/mol. The van der Waals surface area contributed by atoms with Crippen molar-refractivity contribution in [2.24, 2.45) is 17.8 Å². The van der Waals surface area contributed by atoms with Crippen LogP contribution in [0.5, 0.6) is 5.88 Å². The van der Waals surface area contributed by atoms with E-state index in [1.165, 1.54) is 12.7 Å². The summed E-state index contributed by atoms with van der Waals surface area (Å²) in [4.78, 5) is 22.7. The van der Waals surface area contributed by atoms with E-state index in [1.807, 2.05) is 4.90 Å². The summed E-state index contributed by atoms with van der Waals surface area (Å²) >= 11 is 0. The highest BCUT2D eigenvalue weighted by Gasteiger charge is 2.42. The lowest BCUT2D eigenvalue weighted by Crippen LogP contribution is -2.45. The van der Waals surface area contributed by atoms with Crippen molar-refractivity contribution >= 4 is 5.91 Å². The lowest BCUT2D eigenvalue weighted by atomic mass is 9.91. The van der Waals surface area contributed by atoms with E-state index >= 15 is 0 Å². The van der Waals surface area contributed by atoms with E-state index in [-0.39, 0.29) is 12.0 Å². The van der Waals surface area contributed by atoms with Gasteiger partial charge in [0, 0.05) is 44.1 Å². The first-order valence-corrected chi connectivity index (χ1v) is 8.19. The second-order valence-corrected chi connectivity index (χ2v) is 6.58. The molecule has 1 saturated heterocycles. The van der Waals surface area contributed by atoms with Gasteiger partial charge in [0.25, 0.3) is 0 Å². The van der Waals surface area contributed by atoms with Gasteiger partial charge in [-0.1, -0.05) is 12.2 Å². The van der Waals surface area contributed by atoms with Crippen LogP contribution in [-0.2, 0) is 4.79 Å². The Hall–Kier alpha value is -1.91. The minimum Gasteiger partial charge on any atom is -0.474 e. The number of carbonyl (C=O) groups excluding carboxylic acids is 1. The predicted molar refractivity (Wildman–Crippen MR) is 81.1 cm³/mol. The molecule has 2 bridgehead atoms. The fourth-order valence-corrected chi connectivity index (χ4v) is 4.01. The summed E-state index contributed by atoms with van der Waals surface area (Å²) in [5.74, 6) is 2.36. The number of piperidine rings is 1. The normalized spacial score (nSPS) is 30.7. The molecule has 0 N–H and O–H groups in total. The molecule has 0 spiro atoms. The van der Waals surface area contributed by atoms with E-state index < -0.39 is 0 Å². The van der Waals surface area contributed by atoms with Gasteiger partial charge in [-0.2, -0.15) is 0 Å². The molecular weight excluding hydrogens is 278 g/mol. The molecule has 1 amide bonds.